The molecule has 4 N–H and O–H groups in total. The minimum absolute atomic E-state index is 0.0801. The lowest BCUT2D eigenvalue weighted by Gasteiger charge is -2.57. The number of para-hydroxylation sites is 2. The van der Waals surface area contributed by atoms with Crippen LogP contribution in [-0.2, 0) is 14.1 Å². The van der Waals surface area contributed by atoms with Crippen LogP contribution in [0.4, 0.5) is 0 Å². The predicted molar refractivity (Wildman–Crippen MR) is 296 cm³/mol. The molecular formula is C62H68N10O5. The van der Waals surface area contributed by atoms with Crippen LogP contribution in [0.15, 0.2) is 107 Å². The zero-order chi connectivity index (χ0) is 52.5. The number of aromatic nitrogens is 8. The summed E-state index contributed by atoms with van der Waals surface area (Å²) in [5.74, 6) is 2.42. The third-order valence-corrected chi connectivity index (χ3v) is 19.2. The number of carbonyl (C=O) groups is 2. The van der Waals surface area contributed by atoms with E-state index in [1.54, 1.807) is 28.5 Å². The number of rotatable bonds is 11. The fraction of sp³-hybridized carbons (Fsp3) is 0.484. The third kappa shape index (κ3) is 8.67. The van der Waals surface area contributed by atoms with Crippen LogP contribution in [0.1, 0.15) is 159 Å². The molecule has 8 aromatic rings. The van der Waals surface area contributed by atoms with Gasteiger partial charge in [0.2, 0.25) is 0 Å². The van der Waals surface area contributed by atoms with E-state index in [0.717, 1.165) is 69.3 Å². The van der Waals surface area contributed by atoms with E-state index >= 15 is 0 Å². The zero-order valence-electron chi connectivity index (χ0n) is 44.1. The van der Waals surface area contributed by atoms with Crippen molar-refractivity contribution in [2.24, 2.45) is 54.3 Å². The van der Waals surface area contributed by atoms with Crippen LogP contribution in [0.2, 0.25) is 0 Å². The second-order valence-electron chi connectivity index (χ2n) is 24.9. The van der Waals surface area contributed by atoms with Gasteiger partial charge in [-0.2, -0.15) is 20.4 Å². The third-order valence-electron chi connectivity index (χ3n) is 19.2. The van der Waals surface area contributed by atoms with Crippen molar-refractivity contribution in [2.45, 2.75) is 139 Å². The largest absolute Gasteiger partial charge is 0.476 e. The van der Waals surface area contributed by atoms with Crippen LogP contribution in [0.3, 0.4) is 0 Å². The van der Waals surface area contributed by atoms with Gasteiger partial charge in [0.05, 0.1) is 45.3 Å². The summed E-state index contributed by atoms with van der Waals surface area (Å²) >= 11 is 0. The fourth-order valence-corrected chi connectivity index (χ4v) is 15.0. The summed E-state index contributed by atoms with van der Waals surface area (Å²) in [7, 11) is 3.61. The minimum atomic E-state index is -0.989. The number of hydrogen-bond donors (Lipinski definition) is 3. The first-order valence-corrected chi connectivity index (χ1v) is 28.5. The fourth-order valence-electron chi connectivity index (χ4n) is 15.0. The molecule has 4 heterocycles. The maximum atomic E-state index is 13.5. The van der Waals surface area contributed by atoms with Gasteiger partial charge in [-0.05, 0) is 162 Å². The van der Waals surface area contributed by atoms with E-state index in [2.05, 4.69) is 27.6 Å². The summed E-state index contributed by atoms with van der Waals surface area (Å²) in [6, 6.07) is 32.6. The first-order chi connectivity index (χ1) is 37.3. The molecule has 0 unspecified atom stereocenters. The molecule has 8 saturated carbocycles. The topological polar surface area (TPSA) is 198 Å². The lowest BCUT2D eigenvalue weighted by atomic mass is 9.49. The van der Waals surface area contributed by atoms with E-state index in [1.807, 2.05) is 89.2 Å². The van der Waals surface area contributed by atoms with E-state index < -0.39 is 5.97 Å². The average molecular weight is 1030 g/mol. The van der Waals surface area contributed by atoms with Gasteiger partial charge < -0.3 is 16.2 Å². The van der Waals surface area contributed by atoms with Gasteiger partial charge in [0.1, 0.15) is 0 Å². The highest BCUT2D eigenvalue weighted by Gasteiger charge is 2.55. The van der Waals surface area contributed by atoms with Crippen LogP contribution in [-0.4, -0.2) is 68.2 Å². The van der Waals surface area contributed by atoms with Gasteiger partial charge in [0.15, 0.2) is 11.4 Å². The summed E-state index contributed by atoms with van der Waals surface area (Å²) in [5.41, 5.74) is 11.7. The summed E-state index contributed by atoms with van der Waals surface area (Å²) in [6.07, 6.45) is 18.9. The van der Waals surface area contributed by atoms with E-state index in [4.69, 9.17) is 21.0 Å². The highest BCUT2D eigenvalue weighted by molar-refractivity contribution is 6.05. The van der Waals surface area contributed by atoms with Gasteiger partial charge >= 0.3 is 5.97 Å². The molecule has 15 heteroatoms. The molecule has 0 bridgehead atoms. The van der Waals surface area contributed by atoms with Crippen LogP contribution >= 0.6 is 0 Å². The molecule has 8 aliphatic carbocycles. The number of nitrogens with one attached hydrogen (secondary N) is 1. The van der Waals surface area contributed by atoms with Gasteiger partial charge in [0.25, 0.3) is 17.0 Å². The molecule has 77 heavy (non-hydrogen) atoms. The number of carboxylic acid groups (broad SMARTS) is 1. The highest BCUT2D eigenvalue weighted by Crippen LogP contribution is 2.63. The number of aromatic carboxylic acids is 1. The van der Waals surface area contributed by atoms with Gasteiger partial charge in [-0.15, -0.1) is 0 Å². The second kappa shape index (κ2) is 18.3. The molecule has 15 nitrogen and oxygen atoms in total. The molecule has 0 radical (unpaired) electrons. The summed E-state index contributed by atoms with van der Waals surface area (Å²) in [6.45, 7) is 0. The number of fused-ring (bicyclic) bond motifs is 4. The Hall–Kier alpha value is -7.00. The number of benzene rings is 4. The quantitative estimate of drug-likeness (QED) is 0.112. The van der Waals surface area contributed by atoms with Crippen LogP contribution in [0.25, 0.3) is 43.4 Å². The Bertz CT molecular complexity index is 3750. The Morgan fingerprint density at radius 2 is 0.883 bits per heavy atom. The van der Waals surface area contributed by atoms with Crippen molar-refractivity contribution in [3.8, 4) is 0 Å². The molecular weight excluding hydrogens is 965 g/mol. The van der Waals surface area contributed by atoms with Crippen molar-refractivity contribution in [1.82, 2.24) is 44.4 Å². The number of hydrogen-bond acceptors (Lipinski definition) is 9. The molecule has 0 atom stereocenters. The monoisotopic (exact) mass is 1030 g/mol. The first kappa shape index (κ1) is 48.4. The molecule has 1 amide bonds. The van der Waals surface area contributed by atoms with Gasteiger partial charge in [-0.3, -0.25) is 23.7 Å². The molecule has 0 saturated heterocycles. The molecule has 2 spiro atoms. The molecule has 8 aliphatic rings. The van der Waals surface area contributed by atoms with E-state index in [-0.39, 0.29) is 40.2 Å². The molecule has 8 fully saturated rings. The van der Waals surface area contributed by atoms with Gasteiger partial charge in [-0.25, -0.2) is 14.2 Å². The summed E-state index contributed by atoms with van der Waals surface area (Å²) < 4.78 is 7.17. The predicted octanol–water partition coefficient (Wildman–Crippen LogP) is 10.1. The van der Waals surface area contributed by atoms with Crippen molar-refractivity contribution >= 4 is 55.2 Å². The van der Waals surface area contributed by atoms with E-state index in [1.165, 1.54) is 82.7 Å². The lowest BCUT2D eigenvalue weighted by molar-refractivity contribution is -0.0200. The highest BCUT2D eigenvalue weighted by atomic mass is 16.4. The van der Waals surface area contributed by atoms with Crippen LogP contribution in [0, 0.1) is 34.5 Å². The summed E-state index contributed by atoms with van der Waals surface area (Å²) in [5, 5.41) is 36.0. The van der Waals surface area contributed by atoms with Gasteiger partial charge in [0, 0.05) is 59.6 Å². The Morgan fingerprint density at radius 1 is 0.519 bits per heavy atom. The Kier molecular flexibility index (Phi) is 11.5. The smallest absolute Gasteiger partial charge is 0.357 e. The van der Waals surface area contributed by atoms with E-state index in [9.17, 15) is 19.2 Å². The van der Waals surface area contributed by atoms with Crippen molar-refractivity contribution < 1.29 is 14.7 Å². The van der Waals surface area contributed by atoms with Crippen molar-refractivity contribution in [2.75, 3.05) is 0 Å². The number of amides is 1. The number of nitrogens with zero attached hydrogens (tertiary/aromatic N) is 8. The normalized spacial score (nSPS) is 26.2. The molecule has 4 aromatic carbocycles. The maximum Gasteiger partial charge on any atom is 0.357 e. The SMILES string of the molecule is Cn1nc(C(=O)NC2CC3(C2)CC(c2nn(C(C4CC4)C4CC4)c(=O)c4ccccc24)C3)c2ccccc21.Cn1nc(C(=O)O)c2ccccc21.NC1CC2(C1)CC(c1nn(C(C3CC3)C3CC3)c(=O)c3ccccc13)C2. The Labute approximate surface area is 446 Å². The van der Waals surface area contributed by atoms with Gasteiger partial charge in [-0.1, -0.05) is 72.8 Å². The Morgan fingerprint density at radius 3 is 1.29 bits per heavy atom. The Balaban J connectivity index is 0.000000119. The maximum absolute atomic E-state index is 13.5. The molecule has 16 rings (SSSR count). The standard InChI is InChI=1S/C31H33N5O2.C22H27N3O.C9H8N2O2/c1-35-25-9-5-4-8-24(25)27(33-35)29(37)32-21-16-31(17-21)14-20(15-31)26-22-6-2-3-7-23(22)30(38)36(34-26)28(18-10-11-18)19-12-13-19;23-16-11-22(12-16)9-15(10-22)19-17-3-1-2-4-18(17)21(26)25(24-19)20(13-5-6-13)14-7-8-14;1-11-7-5-3-2-4-6(7)8(10-11)9(12)13/h2-9,18-21,28H,10-17H2,1H3,(H,32,37);1-4,13-16,20H,5-12,23H2;2-5H,1H3,(H,12,13). The van der Waals surface area contributed by atoms with E-state index in [0.29, 0.717) is 64.1 Å². The molecule has 0 aliphatic heterocycles. The van der Waals surface area contributed by atoms with Crippen molar-refractivity contribution in [3.05, 3.63) is 141 Å². The number of nitrogens with two attached hydrogens (primary N) is 1. The molecule has 4 aromatic heterocycles. The zero-order valence-corrected chi connectivity index (χ0v) is 44.1. The van der Waals surface area contributed by atoms with Crippen LogP contribution < -0.4 is 22.2 Å². The number of carbonyl (C=O) groups excluding carboxylic acids is 1. The van der Waals surface area contributed by atoms with Crippen molar-refractivity contribution in [1.29, 1.82) is 0 Å². The summed E-state index contributed by atoms with van der Waals surface area (Å²) in [4.78, 5) is 50.5. The number of aryl methyl sites for hydroxylation is 2. The second-order valence-corrected chi connectivity index (χ2v) is 24.9. The lowest BCUT2D eigenvalue weighted by Crippen LogP contribution is -2.56. The molecule has 396 valence electrons. The van der Waals surface area contributed by atoms with Crippen LogP contribution in [0.5, 0.6) is 0 Å². The average Bonchev–Trinajstić information content (AvgIpc) is 4.36. The minimum Gasteiger partial charge on any atom is -0.476 e. The number of carboxylic acids is 1. The first-order valence-electron chi connectivity index (χ1n) is 28.5. The van der Waals surface area contributed by atoms with Crippen molar-refractivity contribution in [3.63, 3.8) is 0 Å².